The molecule has 8 atom stereocenters. The maximum atomic E-state index is 13.0. The second-order valence-corrected chi connectivity index (χ2v) is 18.7. The van der Waals surface area contributed by atoms with E-state index >= 15 is 0 Å². The minimum atomic E-state index is -5.39. The molecule has 0 spiro atoms. The third-order valence-corrected chi connectivity index (χ3v) is 11.7. The summed E-state index contributed by atoms with van der Waals surface area (Å²) >= 11 is 0. The predicted octanol–water partition coefficient (Wildman–Crippen LogP) is 8.02. The van der Waals surface area contributed by atoms with Crippen LogP contribution in [0.5, 0.6) is 0 Å². The standard InChI is InChI=1S/C47H78O17P2/c1-3-5-7-9-11-12-13-14-15-16-17-18-19-20-22-26-30-34-40(49)60-36-39(62-41(50)35-31-27-23-25-29-33-38(48)32-28-24-21-10-8-6-4-2)37-61-66(58,59)64-47-44(53)42(51)43(52)46(45(47)54)63-65(55,56)57/h11-12,14-15,17-18,20-22,24,28,32,39,42-47,51-54H,3-10,13,16,19,23,25-27,29-31,33-37H2,1-2H3,(H,58,59)(H2,55,56,57)/b12-11-,15-14-,18-17-,22-20-,24-21-,32-28+/t39-,42?,43?,44?,45?,46-,47+/m1/s1. The lowest BCUT2D eigenvalue weighted by atomic mass is 9.85. The van der Waals surface area contributed by atoms with E-state index in [1.165, 1.54) is 25.7 Å². The Balaban J connectivity index is 2.68. The summed E-state index contributed by atoms with van der Waals surface area (Å²) in [5.41, 5.74) is 0. The molecule has 1 rings (SSSR count). The van der Waals surface area contributed by atoms with Crippen molar-refractivity contribution in [3.63, 3.8) is 0 Å². The van der Waals surface area contributed by atoms with E-state index in [1.807, 2.05) is 24.3 Å². The molecule has 0 bridgehead atoms. The van der Waals surface area contributed by atoms with Crippen LogP contribution in [-0.4, -0.2) is 109 Å². The van der Waals surface area contributed by atoms with E-state index < -0.39 is 83.5 Å². The zero-order valence-electron chi connectivity index (χ0n) is 38.8. The highest BCUT2D eigenvalue weighted by atomic mass is 31.2. The topological polar surface area (TPSA) is 273 Å². The molecule has 1 fully saturated rings. The SMILES string of the molecule is CCCCC/C=C\C=C\C(=O)CCCCCCCC(=O)O[C@H](COC(=O)CCC/C=C\C/C=C\C/C=C\C/C=C\CCCCC)COP(=O)(O)O[C@H]1C(O)C(O)C(O)[C@@H](OP(=O)(O)O)C1O. The number of hydrogen-bond acceptors (Lipinski definition) is 14. The van der Waals surface area contributed by atoms with E-state index in [-0.39, 0.29) is 18.6 Å². The summed E-state index contributed by atoms with van der Waals surface area (Å²) in [6.07, 6.45) is 25.4. The van der Waals surface area contributed by atoms with E-state index in [0.717, 1.165) is 57.8 Å². The Kier molecular flexibility index (Phi) is 34.3. The molecule has 1 saturated carbocycles. The highest BCUT2D eigenvalue weighted by Gasteiger charge is 2.54. The van der Waals surface area contributed by atoms with Gasteiger partial charge in [0.25, 0.3) is 0 Å². The van der Waals surface area contributed by atoms with Crippen LogP contribution in [0, 0.1) is 0 Å². The van der Waals surface area contributed by atoms with E-state index in [2.05, 4.69) is 54.8 Å². The second kappa shape index (κ2) is 37.1. The van der Waals surface area contributed by atoms with Gasteiger partial charge >= 0.3 is 27.6 Å². The number of hydrogen-bond donors (Lipinski definition) is 7. The maximum absolute atomic E-state index is 13.0. The molecule has 7 N–H and O–H groups in total. The number of aliphatic hydroxyl groups excluding tert-OH is 4. The number of unbranched alkanes of at least 4 members (excludes halogenated alkanes) is 11. The molecule has 0 amide bonds. The molecule has 5 unspecified atom stereocenters. The highest BCUT2D eigenvalue weighted by molar-refractivity contribution is 7.47. The second-order valence-electron chi connectivity index (χ2n) is 16.2. The van der Waals surface area contributed by atoms with Crippen LogP contribution in [0.2, 0.25) is 0 Å². The normalized spacial score (nSPS) is 22.1. The average molecular weight is 977 g/mol. The monoisotopic (exact) mass is 976 g/mol. The molecule has 1 aliphatic carbocycles. The van der Waals surface area contributed by atoms with E-state index in [0.29, 0.717) is 38.5 Å². The average Bonchev–Trinajstić information content (AvgIpc) is 3.27. The smallest absolute Gasteiger partial charge is 0.462 e. The number of ketones is 1. The number of allylic oxidation sites excluding steroid dienone is 12. The summed E-state index contributed by atoms with van der Waals surface area (Å²) in [5, 5.41) is 41.2. The number of carbonyl (C=O) groups is 3. The van der Waals surface area contributed by atoms with Gasteiger partial charge in [0.2, 0.25) is 0 Å². The van der Waals surface area contributed by atoms with Crippen LogP contribution in [0.3, 0.4) is 0 Å². The number of carbonyl (C=O) groups excluding carboxylic acids is 3. The number of phosphoric ester groups is 2. The van der Waals surface area contributed by atoms with Crippen molar-refractivity contribution >= 4 is 33.4 Å². The third kappa shape index (κ3) is 31.2. The zero-order chi connectivity index (χ0) is 49.1. The number of ether oxygens (including phenoxy) is 2. The largest absolute Gasteiger partial charge is 0.472 e. The Morgan fingerprint density at radius 2 is 1.03 bits per heavy atom. The molecule has 19 heteroatoms. The van der Waals surface area contributed by atoms with Crippen molar-refractivity contribution in [3.8, 4) is 0 Å². The third-order valence-electron chi connectivity index (χ3n) is 10.2. The quantitative estimate of drug-likeness (QED) is 0.00770. The number of esters is 2. The summed E-state index contributed by atoms with van der Waals surface area (Å²) < 4.78 is 49.2. The molecular weight excluding hydrogens is 898 g/mol. The van der Waals surface area contributed by atoms with Gasteiger partial charge in [-0.15, -0.1) is 0 Å². The molecule has 0 aromatic rings. The first-order valence-electron chi connectivity index (χ1n) is 23.4. The summed E-state index contributed by atoms with van der Waals surface area (Å²) in [6, 6.07) is 0. The van der Waals surface area contributed by atoms with Crippen molar-refractivity contribution in [2.24, 2.45) is 0 Å². The molecule has 17 nitrogen and oxygen atoms in total. The van der Waals surface area contributed by atoms with Crippen LogP contribution in [-0.2, 0) is 46.6 Å². The molecule has 0 aromatic carbocycles. The molecule has 66 heavy (non-hydrogen) atoms. The van der Waals surface area contributed by atoms with Gasteiger partial charge in [0, 0.05) is 19.3 Å². The minimum absolute atomic E-state index is 0.0166. The maximum Gasteiger partial charge on any atom is 0.472 e. The van der Waals surface area contributed by atoms with Gasteiger partial charge in [-0.05, 0) is 76.7 Å². The highest BCUT2D eigenvalue weighted by Crippen LogP contribution is 2.49. The Bertz CT molecular complexity index is 1620. The first kappa shape index (κ1) is 61.1. The van der Waals surface area contributed by atoms with Gasteiger partial charge in [0.1, 0.15) is 43.2 Å². The van der Waals surface area contributed by atoms with Crippen molar-refractivity contribution in [1.82, 2.24) is 0 Å². The van der Waals surface area contributed by atoms with Gasteiger partial charge in [0.05, 0.1) is 6.61 Å². The fraction of sp³-hybridized carbons (Fsp3) is 0.681. The van der Waals surface area contributed by atoms with Crippen molar-refractivity contribution in [3.05, 3.63) is 72.9 Å². The van der Waals surface area contributed by atoms with E-state index in [4.69, 9.17) is 28.3 Å². The lowest BCUT2D eigenvalue weighted by Crippen LogP contribution is -2.64. The van der Waals surface area contributed by atoms with Gasteiger partial charge in [-0.3, -0.25) is 28.0 Å². The number of rotatable bonds is 38. The number of phosphoric acid groups is 2. The lowest BCUT2D eigenvalue weighted by molar-refractivity contribution is -0.216. The summed E-state index contributed by atoms with van der Waals surface area (Å²) in [7, 11) is -10.7. The van der Waals surface area contributed by atoms with Crippen LogP contribution in [0.15, 0.2) is 72.9 Å². The first-order chi connectivity index (χ1) is 31.5. The van der Waals surface area contributed by atoms with Crippen molar-refractivity contribution in [2.75, 3.05) is 13.2 Å². The molecule has 0 heterocycles. The van der Waals surface area contributed by atoms with Gasteiger partial charge in [0.15, 0.2) is 11.9 Å². The summed E-state index contributed by atoms with van der Waals surface area (Å²) in [4.78, 5) is 66.3. The molecule has 0 aliphatic heterocycles. The van der Waals surface area contributed by atoms with Crippen molar-refractivity contribution < 1.29 is 81.7 Å². The molecule has 378 valence electrons. The van der Waals surface area contributed by atoms with Gasteiger partial charge < -0.3 is 44.6 Å². The van der Waals surface area contributed by atoms with Crippen LogP contribution in [0.1, 0.15) is 149 Å². The first-order valence-corrected chi connectivity index (χ1v) is 26.5. The lowest BCUT2D eigenvalue weighted by Gasteiger charge is -2.43. The van der Waals surface area contributed by atoms with Crippen molar-refractivity contribution in [2.45, 2.75) is 191 Å². The number of aliphatic hydroxyl groups is 4. The molecular formula is C47H78O17P2. The summed E-state index contributed by atoms with van der Waals surface area (Å²) in [5.74, 6) is -1.33. The van der Waals surface area contributed by atoms with Crippen LogP contribution in [0.4, 0.5) is 0 Å². The van der Waals surface area contributed by atoms with Crippen LogP contribution in [0.25, 0.3) is 0 Å². The van der Waals surface area contributed by atoms with Crippen LogP contribution < -0.4 is 0 Å². The Morgan fingerprint density at radius 3 is 1.61 bits per heavy atom. The van der Waals surface area contributed by atoms with Crippen molar-refractivity contribution in [1.29, 1.82) is 0 Å². The van der Waals surface area contributed by atoms with Gasteiger partial charge in [-0.2, -0.15) is 0 Å². The molecule has 0 aromatic heterocycles. The molecule has 0 radical (unpaired) electrons. The predicted molar refractivity (Wildman–Crippen MR) is 251 cm³/mol. The van der Waals surface area contributed by atoms with E-state index in [1.54, 1.807) is 12.2 Å². The molecule has 1 aliphatic rings. The minimum Gasteiger partial charge on any atom is -0.462 e. The zero-order valence-corrected chi connectivity index (χ0v) is 40.6. The van der Waals surface area contributed by atoms with Crippen LogP contribution >= 0.6 is 15.6 Å². The van der Waals surface area contributed by atoms with E-state index in [9.17, 15) is 48.8 Å². The fourth-order valence-corrected chi connectivity index (χ4v) is 8.07. The Labute approximate surface area is 391 Å². The Hall–Kier alpha value is -2.89. The Morgan fingerprint density at radius 1 is 0.530 bits per heavy atom. The van der Waals surface area contributed by atoms with Gasteiger partial charge in [-0.1, -0.05) is 126 Å². The fourth-order valence-electron chi connectivity index (χ4n) is 6.53. The molecule has 0 saturated heterocycles. The van der Waals surface area contributed by atoms with Gasteiger partial charge in [-0.25, -0.2) is 9.13 Å². The summed E-state index contributed by atoms with van der Waals surface area (Å²) in [6.45, 7) is 2.87.